The highest BCUT2D eigenvalue weighted by Crippen LogP contribution is 2.42. The fraction of sp³-hybridized carbons (Fsp3) is 0.467. The van der Waals surface area contributed by atoms with Crippen molar-refractivity contribution in [1.29, 1.82) is 5.26 Å². The number of carboxylic acid groups (broad SMARTS) is 1. The molecule has 1 amide bonds. The van der Waals surface area contributed by atoms with E-state index in [9.17, 15) is 14.7 Å². The number of likely N-dealkylation sites (tertiary alicyclic amines) is 1. The summed E-state index contributed by atoms with van der Waals surface area (Å²) >= 11 is 0. The van der Waals surface area contributed by atoms with Crippen LogP contribution in [0.2, 0.25) is 0 Å². The van der Waals surface area contributed by atoms with Crippen molar-refractivity contribution in [3.8, 4) is 6.07 Å². The number of carboxylic acids is 1. The Kier molecular flexibility index (Phi) is 3.34. The molecular weight excluding hydrogens is 270 g/mol. The molecule has 1 aromatic rings. The quantitative estimate of drug-likeness (QED) is 0.883. The van der Waals surface area contributed by atoms with Gasteiger partial charge in [0.05, 0.1) is 5.56 Å². The third kappa shape index (κ3) is 2.25. The van der Waals surface area contributed by atoms with Crippen molar-refractivity contribution in [3.05, 3.63) is 29.6 Å². The Bertz CT molecular complexity index is 620. The molecule has 0 radical (unpaired) electrons. The normalized spacial score (nSPS) is 27.2. The van der Waals surface area contributed by atoms with Gasteiger partial charge in [0, 0.05) is 12.7 Å². The fourth-order valence-corrected chi connectivity index (χ4v) is 3.56. The Labute approximate surface area is 122 Å². The molecule has 3 unspecified atom stereocenters. The lowest BCUT2D eigenvalue weighted by molar-refractivity contribution is -0.142. The second-order valence-corrected chi connectivity index (χ2v) is 5.64. The molecule has 2 heterocycles. The molecular formula is C15H15N3O3. The standard InChI is InChI=1S/C15H15N3O3/c16-6-9-4-5-12(17-7-9)14(19)18-8-10-2-1-3-11(10)13(18)15(20)21/h4-5,7,10-11,13H,1-3,8H2,(H,20,21). The largest absolute Gasteiger partial charge is 0.480 e. The summed E-state index contributed by atoms with van der Waals surface area (Å²) in [5.41, 5.74) is 0.569. The maximum absolute atomic E-state index is 12.5. The van der Waals surface area contributed by atoms with E-state index in [2.05, 4.69) is 4.98 Å². The van der Waals surface area contributed by atoms with Gasteiger partial charge >= 0.3 is 5.97 Å². The summed E-state index contributed by atoms with van der Waals surface area (Å²) in [6.07, 6.45) is 4.22. The minimum atomic E-state index is -0.939. The average Bonchev–Trinajstić information content (AvgIpc) is 3.06. The number of rotatable bonds is 2. The van der Waals surface area contributed by atoms with Gasteiger partial charge in [0.15, 0.2) is 0 Å². The molecule has 1 aromatic heterocycles. The summed E-state index contributed by atoms with van der Waals surface area (Å²) in [6, 6.07) is 4.19. The molecule has 2 fully saturated rings. The lowest BCUT2D eigenvalue weighted by Gasteiger charge is -2.24. The molecule has 0 spiro atoms. The van der Waals surface area contributed by atoms with Gasteiger partial charge < -0.3 is 10.0 Å². The van der Waals surface area contributed by atoms with Crippen LogP contribution in [0.4, 0.5) is 0 Å². The number of nitriles is 1. The molecule has 3 atom stereocenters. The lowest BCUT2D eigenvalue weighted by atomic mass is 9.94. The molecule has 1 N–H and O–H groups in total. The van der Waals surface area contributed by atoms with Crippen LogP contribution < -0.4 is 0 Å². The summed E-state index contributed by atoms with van der Waals surface area (Å²) < 4.78 is 0. The molecule has 6 nitrogen and oxygen atoms in total. The highest BCUT2D eigenvalue weighted by molar-refractivity contribution is 5.95. The predicted octanol–water partition coefficient (Wildman–Crippen LogP) is 1.28. The first kappa shape index (κ1) is 13.6. The van der Waals surface area contributed by atoms with E-state index in [4.69, 9.17) is 5.26 Å². The first-order chi connectivity index (χ1) is 10.1. The number of fused-ring (bicyclic) bond motifs is 1. The molecule has 1 aliphatic heterocycles. The molecule has 0 bridgehead atoms. The zero-order chi connectivity index (χ0) is 15.0. The molecule has 1 saturated heterocycles. The van der Waals surface area contributed by atoms with E-state index >= 15 is 0 Å². The van der Waals surface area contributed by atoms with Gasteiger partial charge in [-0.2, -0.15) is 5.26 Å². The number of carbonyl (C=O) groups excluding carboxylic acids is 1. The van der Waals surface area contributed by atoms with E-state index in [-0.39, 0.29) is 23.4 Å². The van der Waals surface area contributed by atoms with Crippen molar-refractivity contribution in [2.75, 3.05) is 6.54 Å². The van der Waals surface area contributed by atoms with Crippen molar-refractivity contribution >= 4 is 11.9 Å². The van der Waals surface area contributed by atoms with Crippen LogP contribution in [0.1, 0.15) is 35.3 Å². The van der Waals surface area contributed by atoms with Crippen LogP contribution in [0.5, 0.6) is 0 Å². The maximum atomic E-state index is 12.5. The Morgan fingerprint density at radius 3 is 2.81 bits per heavy atom. The molecule has 1 saturated carbocycles. The minimum Gasteiger partial charge on any atom is -0.480 e. The number of aliphatic carboxylic acids is 1. The molecule has 3 rings (SSSR count). The van der Waals surface area contributed by atoms with Gasteiger partial charge in [-0.15, -0.1) is 0 Å². The predicted molar refractivity (Wildman–Crippen MR) is 72.2 cm³/mol. The van der Waals surface area contributed by atoms with E-state index in [0.29, 0.717) is 12.1 Å². The van der Waals surface area contributed by atoms with Gasteiger partial charge in [-0.3, -0.25) is 4.79 Å². The molecule has 21 heavy (non-hydrogen) atoms. The number of nitrogens with zero attached hydrogens (tertiary/aromatic N) is 3. The SMILES string of the molecule is N#Cc1ccc(C(=O)N2CC3CCCC3C2C(=O)O)nc1. The monoisotopic (exact) mass is 285 g/mol. The number of amides is 1. The van der Waals surface area contributed by atoms with Crippen molar-refractivity contribution < 1.29 is 14.7 Å². The zero-order valence-corrected chi connectivity index (χ0v) is 11.4. The number of pyridine rings is 1. The van der Waals surface area contributed by atoms with Crippen LogP contribution in [-0.2, 0) is 4.79 Å². The van der Waals surface area contributed by atoms with Gasteiger partial charge in [0.2, 0.25) is 0 Å². The Hall–Kier alpha value is -2.42. The van der Waals surface area contributed by atoms with Crippen LogP contribution in [0.3, 0.4) is 0 Å². The summed E-state index contributed by atoms with van der Waals surface area (Å²) in [5, 5.41) is 18.2. The maximum Gasteiger partial charge on any atom is 0.326 e. The van der Waals surface area contributed by atoms with Crippen LogP contribution in [0.25, 0.3) is 0 Å². The molecule has 108 valence electrons. The molecule has 0 aromatic carbocycles. The molecule has 2 aliphatic rings. The number of aromatic nitrogens is 1. The topological polar surface area (TPSA) is 94.3 Å². The second kappa shape index (κ2) is 5.17. The fourth-order valence-electron chi connectivity index (χ4n) is 3.56. The number of hydrogen-bond acceptors (Lipinski definition) is 4. The summed E-state index contributed by atoms with van der Waals surface area (Å²) in [6.45, 7) is 0.488. The van der Waals surface area contributed by atoms with Gasteiger partial charge in [0.1, 0.15) is 17.8 Å². The lowest BCUT2D eigenvalue weighted by Crippen LogP contribution is -2.43. The van der Waals surface area contributed by atoms with E-state index in [1.54, 1.807) is 0 Å². The third-order valence-electron chi connectivity index (χ3n) is 4.52. The first-order valence-electron chi connectivity index (χ1n) is 7.01. The van der Waals surface area contributed by atoms with Crippen molar-refractivity contribution in [1.82, 2.24) is 9.88 Å². The average molecular weight is 285 g/mol. The smallest absolute Gasteiger partial charge is 0.326 e. The highest BCUT2D eigenvalue weighted by Gasteiger charge is 2.49. The van der Waals surface area contributed by atoms with Crippen LogP contribution in [0, 0.1) is 23.2 Å². The Balaban J connectivity index is 1.86. The highest BCUT2D eigenvalue weighted by atomic mass is 16.4. The van der Waals surface area contributed by atoms with Gasteiger partial charge in [-0.05, 0) is 36.8 Å². The summed E-state index contributed by atoms with van der Waals surface area (Å²) in [5.74, 6) is -0.953. The van der Waals surface area contributed by atoms with Crippen LogP contribution >= 0.6 is 0 Å². The van der Waals surface area contributed by atoms with Crippen molar-refractivity contribution in [3.63, 3.8) is 0 Å². The van der Waals surface area contributed by atoms with Crippen molar-refractivity contribution in [2.45, 2.75) is 25.3 Å². The van der Waals surface area contributed by atoms with Gasteiger partial charge in [-0.25, -0.2) is 9.78 Å². The minimum absolute atomic E-state index is 0.0600. The Morgan fingerprint density at radius 1 is 1.38 bits per heavy atom. The second-order valence-electron chi connectivity index (χ2n) is 5.64. The number of carbonyl (C=O) groups is 2. The van der Waals surface area contributed by atoms with E-state index in [1.165, 1.54) is 23.2 Å². The molecule has 6 heteroatoms. The van der Waals surface area contributed by atoms with E-state index in [1.807, 2.05) is 6.07 Å². The van der Waals surface area contributed by atoms with Crippen LogP contribution in [0.15, 0.2) is 18.3 Å². The van der Waals surface area contributed by atoms with Gasteiger partial charge in [-0.1, -0.05) is 6.42 Å². The third-order valence-corrected chi connectivity index (χ3v) is 4.52. The van der Waals surface area contributed by atoms with Crippen molar-refractivity contribution in [2.24, 2.45) is 11.8 Å². The first-order valence-corrected chi connectivity index (χ1v) is 7.01. The number of hydrogen-bond donors (Lipinski definition) is 1. The zero-order valence-electron chi connectivity index (χ0n) is 11.4. The Morgan fingerprint density at radius 2 is 2.19 bits per heavy atom. The van der Waals surface area contributed by atoms with E-state index in [0.717, 1.165) is 19.3 Å². The van der Waals surface area contributed by atoms with Crippen LogP contribution in [-0.4, -0.2) is 39.5 Å². The summed E-state index contributed by atoms with van der Waals surface area (Å²) in [7, 11) is 0. The molecule has 1 aliphatic carbocycles. The summed E-state index contributed by atoms with van der Waals surface area (Å²) in [4.78, 5) is 29.5. The van der Waals surface area contributed by atoms with Gasteiger partial charge in [0.25, 0.3) is 5.91 Å². The van der Waals surface area contributed by atoms with E-state index < -0.39 is 12.0 Å².